The molecule has 1 aromatic heterocycles. The summed E-state index contributed by atoms with van der Waals surface area (Å²) >= 11 is 6.35. The number of esters is 2. The third-order valence-electron chi connectivity index (χ3n) is 12.9. The van der Waals surface area contributed by atoms with Gasteiger partial charge in [-0.25, -0.2) is 9.78 Å². The molecule has 2 saturated heterocycles. The molecule has 3 aromatic rings. The number of amides is 5. The molecular formula is C56H74F3I3N8O15. The van der Waals surface area contributed by atoms with Crippen LogP contribution in [0.15, 0.2) is 42.7 Å². The van der Waals surface area contributed by atoms with Crippen molar-refractivity contribution in [2.75, 3.05) is 64.5 Å². The van der Waals surface area contributed by atoms with Crippen LogP contribution in [0.1, 0.15) is 110 Å². The zero-order valence-electron chi connectivity index (χ0n) is 47.9. The van der Waals surface area contributed by atoms with E-state index in [4.69, 9.17) is 33.2 Å². The van der Waals surface area contributed by atoms with E-state index in [1.165, 1.54) is 0 Å². The van der Waals surface area contributed by atoms with Crippen LogP contribution in [0.4, 0.5) is 23.8 Å². The lowest BCUT2D eigenvalue weighted by Crippen LogP contribution is -2.59. The van der Waals surface area contributed by atoms with E-state index < -0.39 is 65.9 Å². The number of anilines is 1. The number of hydrogen-bond donors (Lipinski definition) is 6. The molecule has 29 heteroatoms. The van der Waals surface area contributed by atoms with Gasteiger partial charge in [0.25, 0.3) is 0 Å². The summed E-state index contributed by atoms with van der Waals surface area (Å²) in [6, 6.07) is 6.58. The van der Waals surface area contributed by atoms with Crippen molar-refractivity contribution in [1.82, 2.24) is 36.1 Å². The molecule has 0 unspecified atom stereocenters. The van der Waals surface area contributed by atoms with Gasteiger partial charge in [0.2, 0.25) is 23.6 Å². The third-order valence-corrected chi connectivity index (χ3v) is 15.4. The van der Waals surface area contributed by atoms with E-state index in [1.54, 1.807) is 43.9 Å². The second-order valence-electron chi connectivity index (χ2n) is 21.1. The Morgan fingerprint density at radius 3 is 2.13 bits per heavy atom. The van der Waals surface area contributed by atoms with Gasteiger partial charge in [-0.1, -0.05) is 12.8 Å². The van der Waals surface area contributed by atoms with Crippen molar-refractivity contribution in [1.29, 1.82) is 0 Å². The van der Waals surface area contributed by atoms with E-state index >= 15 is 0 Å². The monoisotopic (exact) mass is 1540 g/mol. The lowest BCUT2D eigenvalue weighted by molar-refractivity contribution is -0.202. The predicted octanol–water partition coefficient (Wildman–Crippen LogP) is 7.48. The lowest BCUT2D eigenvalue weighted by Gasteiger charge is -2.41. The van der Waals surface area contributed by atoms with Gasteiger partial charge >= 0.3 is 24.2 Å². The van der Waals surface area contributed by atoms with Gasteiger partial charge < -0.3 is 69.7 Å². The number of unbranched alkanes of at least 4 members (excludes halogenated alkanes) is 3. The van der Waals surface area contributed by atoms with Crippen LogP contribution in [-0.2, 0) is 69.8 Å². The Bertz CT molecular complexity index is 2710. The van der Waals surface area contributed by atoms with Crippen molar-refractivity contribution in [3.05, 3.63) is 64.7 Å². The summed E-state index contributed by atoms with van der Waals surface area (Å²) < 4.78 is 81.7. The second kappa shape index (κ2) is 35.0. The smallest absolute Gasteiger partial charge is 0.434 e. The Hall–Kier alpha value is -5.13. The van der Waals surface area contributed by atoms with Crippen LogP contribution in [0, 0.1) is 10.7 Å². The summed E-state index contributed by atoms with van der Waals surface area (Å²) in [6.07, 6.45) is -2.04. The van der Waals surface area contributed by atoms with Crippen molar-refractivity contribution in [3.63, 3.8) is 0 Å². The van der Waals surface area contributed by atoms with E-state index in [9.17, 15) is 51.8 Å². The minimum atomic E-state index is -4.74. The maximum atomic E-state index is 13.8. The molecule has 23 nitrogen and oxygen atoms in total. The summed E-state index contributed by atoms with van der Waals surface area (Å²) in [6.45, 7) is 9.56. The number of alkyl carbamates (subject to hydrolysis) is 1. The van der Waals surface area contributed by atoms with Gasteiger partial charge in [0.05, 0.1) is 55.6 Å². The van der Waals surface area contributed by atoms with Crippen LogP contribution < -0.4 is 31.3 Å². The molecule has 2 aromatic carbocycles. The number of phenols is 1. The third kappa shape index (κ3) is 25.6. The van der Waals surface area contributed by atoms with Crippen LogP contribution in [0.2, 0.25) is 0 Å². The van der Waals surface area contributed by atoms with Gasteiger partial charge in [0.1, 0.15) is 35.1 Å². The van der Waals surface area contributed by atoms with Gasteiger partial charge in [0.15, 0.2) is 23.7 Å². The molecular weight excluding hydrogens is 1460 g/mol. The molecule has 2 fully saturated rings. The molecule has 0 aliphatic carbocycles. The Labute approximate surface area is 532 Å². The molecule has 0 saturated carbocycles. The fourth-order valence-electron chi connectivity index (χ4n) is 8.90. The van der Waals surface area contributed by atoms with Gasteiger partial charge in [-0.3, -0.25) is 33.8 Å². The molecule has 3 heterocycles. The van der Waals surface area contributed by atoms with Crippen molar-refractivity contribution >= 4 is 115 Å². The van der Waals surface area contributed by atoms with E-state index in [-0.39, 0.29) is 99.9 Å². The first-order chi connectivity index (χ1) is 40.2. The van der Waals surface area contributed by atoms with Crippen LogP contribution in [0.5, 0.6) is 17.2 Å². The van der Waals surface area contributed by atoms with Crippen molar-refractivity contribution in [3.8, 4) is 17.2 Å². The lowest BCUT2D eigenvalue weighted by atomic mass is 9.97. The van der Waals surface area contributed by atoms with E-state index in [1.807, 2.05) is 34.7 Å². The number of halogens is 6. The number of carbonyl (C=O) groups excluding carboxylic acids is 7. The molecule has 0 bridgehead atoms. The van der Waals surface area contributed by atoms with Gasteiger partial charge in [-0.2, -0.15) is 13.2 Å². The van der Waals surface area contributed by atoms with Gasteiger partial charge in [-0.15, -0.1) is 0 Å². The predicted molar refractivity (Wildman–Crippen MR) is 327 cm³/mol. The number of likely N-dealkylation sites (tertiary alicyclic amines) is 1. The highest BCUT2D eigenvalue weighted by atomic mass is 127. The van der Waals surface area contributed by atoms with E-state index in [2.05, 4.69) is 81.7 Å². The number of piperidine rings is 1. The average molecular weight is 1540 g/mol. The number of phenolic OH excluding ortho intramolecular Hbond substituents is 1. The molecule has 5 amide bonds. The zero-order valence-corrected chi connectivity index (χ0v) is 54.4. The second-order valence-corrected chi connectivity index (χ2v) is 24.6. The van der Waals surface area contributed by atoms with Crippen molar-refractivity contribution in [2.24, 2.45) is 0 Å². The number of hydrogen-bond acceptors (Lipinski definition) is 18. The van der Waals surface area contributed by atoms with Gasteiger partial charge in [0, 0.05) is 78.4 Å². The molecule has 0 radical (unpaired) electrons. The summed E-state index contributed by atoms with van der Waals surface area (Å²) in [5.74, 6) is -1.22. The number of nitrogens with one attached hydrogen (secondary N) is 5. The Balaban J connectivity index is 0.895. The molecule has 0 spiro atoms. The summed E-state index contributed by atoms with van der Waals surface area (Å²) in [7, 11) is 0. The largest absolute Gasteiger partial charge is 0.507 e. The average Bonchev–Trinajstić information content (AvgIpc) is 3.07. The van der Waals surface area contributed by atoms with Crippen molar-refractivity contribution in [2.45, 2.75) is 153 Å². The number of benzene rings is 2. The Morgan fingerprint density at radius 1 is 0.788 bits per heavy atom. The highest BCUT2D eigenvalue weighted by Crippen LogP contribution is 2.36. The number of aromatic nitrogens is 2. The summed E-state index contributed by atoms with van der Waals surface area (Å²) in [4.78, 5) is 97.7. The van der Waals surface area contributed by atoms with Crippen molar-refractivity contribution < 1.29 is 85.0 Å². The topological polar surface area (TPSA) is 293 Å². The van der Waals surface area contributed by atoms with Gasteiger partial charge in [-0.05, 0) is 157 Å². The number of nitrogens with zero attached hydrogens (tertiary/aromatic N) is 3. The number of ether oxygens (including phenoxy) is 7. The number of aromatic hydroxyl groups is 1. The molecule has 2 aliphatic rings. The quantitative estimate of drug-likeness (QED) is 0.0163. The molecule has 470 valence electrons. The maximum absolute atomic E-state index is 13.8. The molecule has 85 heavy (non-hydrogen) atoms. The zero-order chi connectivity index (χ0) is 62.3. The minimum Gasteiger partial charge on any atom is -0.507 e. The first-order valence-electron chi connectivity index (χ1n) is 27.8. The molecule has 2 aliphatic heterocycles. The number of alkyl halides is 3. The van der Waals surface area contributed by atoms with Crippen LogP contribution in [-0.4, -0.2) is 163 Å². The number of carbonyl (C=O) groups is 7. The Morgan fingerprint density at radius 2 is 1.46 bits per heavy atom. The summed E-state index contributed by atoms with van der Waals surface area (Å²) in [5, 5.41) is 24.1. The first kappa shape index (κ1) is 70.6. The SMILES string of the molecule is CC(=O)O[C@@H]1[C@H](OC(C)=O)[C@@H](Nc2cncc(C(F)(F)F)n2)CO[C@@H]1COCCCCCCNC(=O)CCOCCNC(=O)CCCC(=O)N1CCC(NC(=O)[C@H](Cc2cc(I)c(Oc3ccc(O)c(I)c3)c(I)c2)NC(=O)OC(C)(C)C)CC1. The number of rotatable bonds is 30. The molecule has 5 atom stereocenters. The Kier molecular flexibility index (Phi) is 29.1. The van der Waals surface area contributed by atoms with E-state index in [0.29, 0.717) is 73.2 Å². The fourth-order valence-corrected chi connectivity index (χ4v) is 11.5. The highest BCUT2D eigenvalue weighted by Gasteiger charge is 2.46. The van der Waals surface area contributed by atoms with Crippen LogP contribution >= 0.6 is 67.8 Å². The normalized spacial score (nSPS) is 17.7. The molecule has 5 rings (SSSR count). The molecule has 6 N–H and O–H groups in total. The summed E-state index contributed by atoms with van der Waals surface area (Å²) in [5.41, 5.74) is -1.24. The standard InChI is InChI=1S/C56H74F3I3N8O15/c1-33(71)82-51-42(67-46-30-63-29-45(69-46)56(57,58)59)31-81-44(52(51)83-34(2)72)32-80-22-9-7-6-8-18-64-48(75)17-23-79-24-19-65-47(74)11-10-12-49(76)70-20-15-36(16-21-70)66-53(77)41(68-54(78)85-55(3,4)5)27-35-25-39(61)50(40(62)26-35)84-37-13-14-43(73)38(60)28-37/h13-14,25-26,28-30,36,41-42,44,51-52,73H,6-12,15-24,27,31-32H2,1-5H3,(H,64,75)(H,65,74)(H,66,77)(H,67,69)(H,68,78)/t41-,42-,44+,51+,52-/m0/s1. The maximum Gasteiger partial charge on any atom is 0.434 e. The fraction of sp³-hybridized carbons (Fsp3) is 0.589. The highest BCUT2D eigenvalue weighted by molar-refractivity contribution is 14.1. The van der Waals surface area contributed by atoms with Crippen LogP contribution in [0.25, 0.3) is 0 Å². The van der Waals surface area contributed by atoms with Crippen LogP contribution in [0.3, 0.4) is 0 Å². The first-order valence-corrected chi connectivity index (χ1v) is 31.0. The minimum absolute atomic E-state index is 0.0306. The van der Waals surface area contributed by atoms with E-state index in [0.717, 1.165) is 52.0 Å².